The maximum absolute atomic E-state index is 11.8. The average molecular weight is 278 g/mol. The third-order valence-corrected chi connectivity index (χ3v) is 4.42. The minimum absolute atomic E-state index is 0.205. The van der Waals surface area contributed by atoms with Crippen molar-refractivity contribution < 1.29 is 9.53 Å². The number of methoxy groups -OCH3 is 1. The van der Waals surface area contributed by atoms with Crippen LogP contribution in [-0.2, 0) is 9.53 Å². The Hall–Kier alpha value is -1.48. The Morgan fingerprint density at radius 3 is 3.00 bits per heavy atom. The summed E-state index contributed by atoms with van der Waals surface area (Å²) < 4.78 is 4.86. The molecule has 100 valence electrons. The highest BCUT2D eigenvalue weighted by Crippen LogP contribution is 2.44. The molecule has 0 amide bonds. The standard InChI is InChI=1S/C15H16ClNO2/c1-17-8-9(7-16)14-11-3-4-12(15(18)19-2)10(11)5-6-13(14)17/h3-6,9,12H,7-8H2,1-2H3/t9-,12?/m1/s1. The van der Waals surface area contributed by atoms with Crippen LogP contribution < -0.4 is 4.90 Å². The Kier molecular flexibility index (Phi) is 3.02. The third kappa shape index (κ3) is 1.76. The summed E-state index contributed by atoms with van der Waals surface area (Å²) in [5.41, 5.74) is 4.69. The number of likely N-dealkylation sites (N-methyl/N-ethyl adjacent to an activating group) is 1. The molecule has 1 heterocycles. The molecule has 2 aliphatic rings. The second-order valence-electron chi connectivity index (χ2n) is 5.09. The summed E-state index contributed by atoms with van der Waals surface area (Å²) in [6.45, 7) is 0.937. The van der Waals surface area contributed by atoms with Crippen molar-refractivity contribution in [3.63, 3.8) is 0 Å². The highest BCUT2D eigenvalue weighted by Gasteiger charge is 2.34. The number of esters is 1. The molecule has 3 rings (SSSR count). The third-order valence-electron chi connectivity index (χ3n) is 4.04. The second-order valence-corrected chi connectivity index (χ2v) is 5.40. The lowest BCUT2D eigenvalue weighted by molar-refractivity contribution is -0.141. The number of ether oxygens (including phenoxy) is 1. The van der Waals surface area contributed by atoms with Crippen LogP contribution >= 0.6 is 11.6 Å². The SMILES string of the molecule is COC(=O)C1C=Cc2c1ccc1c2[C@H](CCl)CN1C. The number of carbonyl (C=O) groups excluding carboxylic acids is 1. The lowest BCUT2D eigenvalue weighted by Crippen LogP contribution is -2.15. The van der Waals surface area contributed by atoms with E-state index in [0.29, 0.717) is 11.8 Å². The van der Waals surface area contributed by atoms with E-state index in [1.807, 2.05) is 18.2 Å². The number of hydrogen-bond acceptors (Lipinski definition) is 3. The smallest absolute Gasteiger partial charge is 0.317 e. The first-order valence-corrected chi connectivity index (χ1v) is 6.90. The summed E-state index contributed by atoms with van der Waals surface area (Å²) in [5, 5.41) is 0. The van der Waals surface area contributed by atoms with Gasteiger partial charge in [-0.15, -0.1) is 11.6 Å². The zero-order chi connectivity index (χ0) is 13.6. The highest BCUT2D eigenvalue weighted by molar-refractivity contribution is 6.18. The number of alkyl halides is 1. The molecule has 2 atom stereocenters. The molecule has 1 unspecified atom stereocenters. The van der Waals surface area contributed by atoms with Crippen molar-refractivity contribution in [3.05, 3.63) is 34.9 Å². The van der Waals surface area contributed by atoms with Gasteiger partial charge in [0.25, 0.3) is 0 Å². The van der Waals surface area contributed by atoms with Crippen molar-refractivity contribution in [2.24, 2.45) is 0 Å². The van der Waals surface area contributed by atoms with E-state index in [0.717, 1.165) is 17.7 Å². The number of hydrogen-bond donors (Lipinski definition) is 0. The summed E-state index contributed by atoms with van der Waals surface area (Å²) in [6.07, 6.45) is 3.95. The maximum Gasteiger partial charge on any atom is 0.317 e. The van der Waals surface area contributed by atoms with E-state index < -0.39 is 0 Å². The van der Waals surface area contributed by atoms with Gasteiger partial charge in [-0.2, -0.15) is 0 Å². The largest absolute Gasteiger partial charge is 0.468 e. The lowest BCUT2D eigenvalue weighted by atomic mass is 9.92. The van der Waals surface area contributed by atoms with Gasteiger partial charge in [0.15, 0.2) is 0 Å². The van der Waals surface area contributed by atoms with Gasteiger partial charge in [0.2, 0.25) is 0 Å². The van der Waals surface area contributed by atoms with Gasteiger partial charge in [0.05, 0.1) is 7.11 Å². The van der Waals surface area contributed by atoms with Crippen LogP contribution in [0.3, 0.4) is 0 Å². The molecule has 0 spiro atoms. The number of carbonyl (C=O) groups is 1. The van der Waals surface area contributed by atoms with Crippen LogP contribution in [0.15, 0.2) is 18.2 Å². The van der Waals surface area contributed by atoms with Crippen molar-refractivity contribution in [1.82, 2.24) is 0 Å². The number of fused-ring (bicyclic) bond motifs is 3. The van der Waals surface area contributed by atoms with E-state index in [1.54, 1.807) is 0 Å². The van der Waals surface area contributed by atoms with Crippen molar-refractivity contribution >= 4 is 29.3 Å². The van der Waals surface area contributed by atoms with Crippen LogP contribution in [0.25, 0.3) is 6.08 Å². The Morgan fingerprint density at radius 1 is 1.53 bits per heavy atom. The first kappa shape index (κ1) is 12.5. The number of halogens is 1. The number of anilines is 1. The summed E-state index contributed by atoms with van der Waals surface area (Å²) in [4.78, 5) is 14.0. The minimum atomic E-state index is -0.271. The van der Waals surface area contributed by atoms with Crippen LogP contribution in [0.4, 0.5) is 5.69 Å². The molecule has 19 heavy (non-hydrogen) atoms. The molecule has 0 saturated carbocycles. The maximum atomic E-state index is 11.8. The molecule has 0 saturated heterocycles. The van der Waals surface area contributed by atoms with Crippen molar-refractivity contribution in [2.75, 3.05) is 31.5 Å². The molecular weight excluding hydrogens is 262 g/mol. The summed E-state index contributed by atoms with van der Waals surface area (Å²) in [6, 6.07) is 4.12. The fourth-order valence-corrected chi connectivity index (χ4v) is 3.39. The normalized spacial score (nSPS) is 23.4. The van der Waals surface area contributed by atoms with Gasteiger partial charge in [0, 0.05) is 31.1 Å². The minimum Gasteiger partial charge on any atom is -0.468 e. The van der Waals surface area contributed by atoms with Crippen molar-refractivity contribution in [1.29, 1.82) is 0 Å². The molecule has 1 aliphatic carbocycles. The Morgan fingerprint density at radius 2 is 2.32 bits per heavy atom. The zero-order valence-electron chi connectivity index (χ0n) is 11.0. The molecule has 1 aromatic carbocycles. The van der Waals surface area contributed by atoms with E-state index >= 15 is 0 Å². The molecule has 0 radical (unpaired) electrons. The highest BCUT2D eigenvalue weighted by atomic mass is 35.5. The van der Waals surface area contributed by atoms with Crippen molar-refractivity contribution in [2.45, 2.75) is 11.8 Å². The average Bonchev–Trinajstić information content (AvgIpc) is 2.99. The molecule has 0 aromatic heterocycles. The predicted octanol–water partition coefficient (Wildman–Crippen LogP) is 2.74. The fraction of sp³-hybridized carbons (Fsp3) is 0.400. The van der Waals surface area contributed by atoms with E-state index in [4.69, 9.17) is 16.3 Å². The lowest BCUT2D eigenvalue weighted by Gasteiger charge is -2.15. The molecule has 0 fully saturated rings. The van der Waals surface area contributed by atoms with Gasteiger partial charge in [-0.3, -0.25) is 4.79 Å². The summed E-state index contributed by atoms with van der Waals surface area (Å²) in [5.74, 6) is 0.457. The van der Waals surface area contributed by atoms with Gasteiger partial charge in [-0.1, -0.05) is 18.2 Å². The van der Waals surface area contributed by atoms with Gasteiger partial charge in [-0.05, 0) is 22.8 Å². The van der Waals surface area contributed by atoms with E-state index in [1.165, 1.54) is 18.4 Å². The number of rotatable bonds is 2. The van der Waals surface area contributed by atoms with Gasteiger partial charge in [-0.25, -0.2) is 0 Å². The van der Waals surface area contributed by atoms with Gasteiger partial charge < -0.3 is 9.64 Å². The quantitative estimate of drug-likeness (QED) is 0.615. The summed E-state index contributed by atoms with van der Waals surface area (Å²) >= 11 is 6.09. The molecule has 0 bridgehead atoms. The van der Waals surface area contributed by atoms with Crippen LogP contribution in [0.5, 0.6) is 0 Å². The Bertz CT molecular complexity index is 568. The predicted molar refractivity (Wildman–Crippen MR) is 77.0 cm³/mol. The van der Waals surface area contributed by atoms with Crippen LogP contribution in [0.1, 0.15) is 28.5 Å². The first-order valence-electron chi connectivity index (χ1n) is 6.37. The summed E-state index contributed by atoms with van der Waals surface area (Å²) in [7, 11) is 3.51. The first-order chi connectivity index (χ1) is 9.17. The molecule has 4 heteroatoms. The van der Waals surface area contributed by atoms with Crippen LogP contribution in [0, 0.1) is 0 Å². The molecule has 1 aromatic rings. The zero-order valence-corrected chi connectivity index (χ0v) is 11.8. The van der Waals surface area contributed by atoms with E-state index in [-0.39, 0.29) is 11.9 Å². The fourth-order valence-electron chi connectivity index (χ4n) is 3.14. The van der Waals surface area contributed by atoms with Crippen LogP contribution in [0.2, 0.25) is 0 Å². The molecule has 1 aliphatic heterocycles. The molecule has 0 N–H and O–H groups in total. The van der Waals surface area contributed by atoms with E-state index in [9.17, 15) is 4.79 Å². The Labute approximate surface area is 117 Å². The van der Waals surface area contributed by atoms with Crippen molar-refractivity contribution in [3.8, 4) is 0 Å². The monoisotopic (exact) mass is 277 g/mol. The van der Waals surface area contributed by atoms with Gasteiger partial charge >= 0.3 is 5.97 Å². The number of benzene rings is 1. The molecular formula is C15H16ClNO2. The Balaban J connectivity index is 2.11. The number of nitrogens with zero attached hydrogens (tertiary/aromatic N) is 1. The van der Waals surface area contributed by atoms with Crippen LogP contribution in [-0.4, -0.2) is 32.6 Å². The topological polar surface area (TPSA) is 29.5 Å². The molecule has 3 nitrogen and oxygen atoms in total. The van der Waals surface area contributed by atoms with Gasteiger partial charge in [0.1, 0.15) is 5.92 Å². The second kappa shape index (κ2) is 4.57. The van der Waals surface area contributed by atoms with E-state index in [2.05, 4.69) is 18.0 Å².